The van der Waals surface area contributed by atoms with E-state index in [9.17, 15) is 31.6 Å². The highest BCUT2D eigenvalue weighted by Crippen LogP contribution is 2.54. The predicted molar refractivity (Wildman–Crippen MR) is 405 cm³/mol. The molecule has 12 heteroatoms. The summed E-state index contributed by atoms with van der Waals surface area (Å²) in [6.07, 6.45) is 29.9. The Balaban J connectivity index is 0.658. The van der Waals surface area contributed by atoms with Crippen molar-refractivity contribution < 1.29 is 14.2 Å². The van der Waals surface area contributed by atoms with Gasteiger partial charge in [0.1, 0.15) is 87.7 Å². The lowest BCUT2D eigenvalue weighted by Gasteiger charge is -2.51. The van der Waals surface area contributed by atoms with Crippen LogP contribution in [0.25, 0.3) is 18.2 Å². The maximum absolute atomic E-state index is 10.5. The number of ether oxygens (including phenoxy) is 3. The average molecular weight is 1350 g/mol. The van der Waals surface area contributed by atoms with E-state index in [0.717, 1.165) is 165 Å². The summed E-state index contributed by atoms with van der Waals surface area (Å²) in [5.41, 5.74) is 19.7. The van der Waals surface area contributed by atoms with E-state index >= 15 is 0 Å². The molecule has 5 aromatic rings. The molecule has 0 saturated heterocycles. The number of nitriles is 6. The monoisotopic (exact) mass is 1350 g/mol. The van der Waals surface area contributed by atoms with E-state index in [2.05, 4.69) is 202 Å². The molecule has 5 aromatic carbocycles. The number of benzene rings is 5. The molecule has 15 rings (SSSR count). The van der Waals surface area contributed by atoms with Gasteiger partial charge in [-0.25, -0.2) is 0 Å². The van der Waals surface area contributed by atoms with Gasteiger partial charge in [0.2, 0.25) is 0 Å². The Kier molecular flexibility index (Phi) is 18.3. The lowest BCUT2D eigenvalue weighted by Crippen LogP contribution is -2.50. The van der Waals surface area contributed by atoms with Crippen molar-refractivity contribution in [1.29, 1.82) is 31.6 Å². The van der Waals surface area contributed by atoms with Crippen molar-refractivity contribution >= 4 is 46.7 Å². The molecule has 512 valence electrons. The van der Waals surface area contributed by atoms with Gasteiger partial charge >= 0.3 is 0 Å². The Labute approximate surface area is 607 Å². The van der Waals surface area contributed by atoms with Gasteiger partial charge < -0.3 is 28.9 Å². The van der Waals surface area contributed by atoms with Crippen molar-refractivity contribution in [2.24, 2.45) is 46.3 Å². The number of para-hydroxylation sites is 2. The molecule has 7 aliphatic heterocycles. The van der Waals surface area contributed by atoms with E-state index in [1.807, 2.05) is 54.7 Å². The van der Waals surface area contributed by atoms with Gasteiger partial charge in [-0.05, 0) is 248 Å². The SMILES string of the molecule is CC1CCCC2=C1OC(/C=C/c1cc3c4c(c1)CC(C1CCC5=C(OC(/C=C/c6cc7c8c(c6)CC(C)(CC6CCC9=C(OC(/C=C/c%10ccc(N(c%11ccccc%11)c%11ccccc%11)cc%10)=CC9=C(C#N)C#N)C6C)CN8CC(C)(C)C7)=CC5=C(C#N)C#N)C1C)CN4CCC3)=CC2=C(C#N)C#N. The second-order valence-electron chi connectivity index (χ2n) is 31.3. The van der Waals surface area contributed by atoms with E-state index in [0.29, 0.717) is 52.8 Å². The quantitative estimate of drug-likeness (QED) is 0.108. The molecule has 0 fully saturated rings. The normalized spacial score (nSPS) is 24.3. The van der Waals surface area contributed by atoms with E-state index < -0.39 is 0 Å². The summed E-state index contributed by atoms with van der Waals surface area (Å²) in [5.74, 6) is 5.60. The second kappa shape index (κ2) is 27.9. The lowest BCUT2D eigenvalue weighted by atomic mass is 9.65. The van der Waals surface area contributed by atoms with Gasteiger partial charge in [0.05, 0.1) is 0 Å². The Morgan fingerprint density at radius 2 is 0.990 bits per heavy atom. The topological polar surface area (TPSA) is 180 Å². The van der Waals surface area contributed by atoms with Crippen LogP contribution in [0.1, 0.15) is 138 Å². The third-order valence-corrected chi connectivity index (χ3v) is 23.4. The molecule has 0 amide bonds. The van der Waals surface area contributed by atoms with Crippen molar-refractivity contribution in [1.82, 2.24) is 0 Å². The zero-order chi connectivity index (χ0) is 71.3. The highest BCUT2D eigenvalue weighted by Gasteiger charge is 2.46. The predicted octanol–water partition coefficient (Wildman–Crippen LogP) is 20.3. The second-order valence-corrected chi connectivity index (χ2v) is 31.3. The highest BCUT2D eigenvalue weighted by molar-refractivity contribution is 5.78. The smallest absolute Gasteiger partial charge is 0.137 e. The molecule has 0 radical (unpaired) electrons. The minimum absolute atomic E-state index is 0.0203. The third-order valence-electron chi connectivity index (χ3n) is 23.4. The molecule has 7 atom stereocenters. The van der Waals surface area contributed by atoms with Gasteiger partial charge in [0.15, 0.2) is 0 Å². The summed E-state index contributed by atoms with van der Waals surface area (Å²) in [5, 5.41) is 61.6. The zero-order valence-electron chi connectivity index (χ0n) is 59.8. The van der Waals surface area contributed by atoms with Gasteiger partial charge in [-0.15, -0.1) is 0 Å². The number of rotatable bonds is 12. The molecule has 0 spiro atoms. The van der Waals surface area contributed by atoms with Crippen LogP contribution < -0.4 is 14.7 Å². The van der Waals surface area contributed by atoms with Gasteiger partial charge in [0.25, 0.3) is 0 Å². The van der Waals surface area contributed by atoms with Crippen molar-refractivity contribution in [2.45, 2.75) is 125 Å². The first-order valence-electron chi connectivity index (χ1n) is 36.9. The molecule has 0 saturated carbocycles. The number of anilines is 5. The highest BCUT2D eigenvalue weighted by atomic mass is 16.5. The average Bonchev–Trinajstić information content (AvgIpc) is 0.744. The van der Waals surface area contributed by atoms with Crippen LogP contribution in [0.3, 0.4) is 0 Å². The zero-order valence-corrected chi connectivity index (χ0v) is 59.8. The summed E-state index contributed by atoms with van der Waals surface area (Å²) in [6.45, 7) is 17.8. The minimum Gasteiger partial charge on any atom is -0.461 e. The number of nitrogens with zero attached hydrogens (tertiary/aromatic N) is 9. The van der Waals surface area contributed by atoms with Crippen LogP contribution in [0.4, 0.5) is 28.4 Å². The Bertz CT molecular complexity index is 4930. The van der Waals surface area contributed by atoms with Crippen LogP contribution in [-0.2, 0) is 39.9 Å². The van der Waals surface area contributed by atoms with Gasteiger partial charge in [0, 0.05) is 106 Å². The Morgan fingerprint density at radius 1 is 0.495 bits per heavy atom. The Hall–Kier alpha value is -11.3. The van der Waals surface area contributed by atoms with Gasteiger partial charge in [-0.3, -0.25) is 0 Å². The van der Waals surface area contributed by atoms with Crippen LogP contribution in [-0.4, -0.2) is 26.2 Å². The number of hydrogen-bond acceptors (Lipinski definition) is 12. The summed E-state index contributed by atoms with van der Waals surface area (Å²) in [6, 6.07) is 51.8. The largest absolute Gasteiger partial charge is 0.461 e. The van der Waals surface area contributed by atoms with Crippen molar-refractivity contribution in [3.8, 4) is 36.4 Å². The maximum atomic E-state index is 10.5. The molecule has 7 unspecified atom stereocenters. The van der Waals surface area contributed by atoms with Gasteiger partial charge in [-0.1, -0.05) is 108 Å². The summed E-state index contributed by atoms with van der Waals surface area (Å²) >= 11 is 0. The van der Waals surface area contributed by atoms with E-state index in [-0.39, 0.29) is 57.1 Å². The number of aryl methyl sites for hydroxylation is 1. The Morgan fingerprint density at radius 3 is 1.57 bits per heavy atom. The molecule has 103 heavy (non-hydrogen) atoms. The molecule has 7 heterocycles. The molecule has 0 N–H and O–H groups in total. The first kappa shape index (κ1) is 67.5. The van der Waals surface area contributed by atoms with Crippen LogP contribution in [0.15, 0.2) is 230 Å². The van der Waals surface area contributed by atoms with Crippen LogP contribution in [0.2, 0.25) is 0 Å². The summed E-state index contributed by atoms with van der Waals surface area (Å²) < 4.78 is 20.6. The molecular weight excluding hydrogens is 1270 g/mol. The first-order valence-corrected chi connectivity index (χ1v) is 36.9. The number of hydrogen-bond donors (Lipinski definition) is 0. The third kappa shape index (κ3) is 13.2. The van der Waals surface area contributed by atoms with E-state index in [4.69, 9.17) is 14.2 Å². The summed E-state index contributed by atoms with van der Waals surface area (Å²) in [4.78, 5) is 7.52. The summed E-state index contributed by atoms with van der Waals surface area (Å²) in [7, 11) is 0. The first-order chi connectivity index (χ1) is 50.0. The van der Waals surface area contributed by atoms with Crippen molar-refractivity contribution in [3.63, 3.8) is 0 Å². The minimum atomic E-state index is -0.0891. The fraction of sp³-hybridized carbons (Fsp3) is 0.341. The van der Waals surface area contributed by atoms with Crippen molar-refractivity contribution in [2.75, 3.05) is 40.9 Å². The van der Waals surface area contributed by atoms with Crippen molar-refractivity contribution in [3.05, 3.63) is 269 Å². The molecule has 12 nitrogen and oxygen atoms in total. The fourth-order valence-corrected chi connectivity index (χ4v) is 19.0. The maximum Gasteiger partial charge on any atom is 0.137 e. The molecule has 0 bridgehead atoms. The fourth-order valence-electron chi connectivity index (χ4n) is 19.0. The molecule has 3 aliphatic carbocycles. The van der Waals surface area contributed by atoms with Gasteiger partial charge in [-0.2, -0.15) is 31.6 Å². The molecule has 10 aliphatic rings. The lowest BCUT2D eigenvalue weighted by molar-refractivity contribution is 0.142. The van der Waals surface area contributed by atoms with Crippen LogP contribution >= 0.6 is 0 Å². The standard InChI is InChI=1S/C91H85N9O3/c1-57-15-13-21-79-82(69(48-92)49-93)42-75(101-87(57)79)31-25-61-37-63-16-14-36-98-54-68(41-65(38-61)85(63)98)78-34-35-81-84(71(52-96)53-97)44-77(103-89(81)59(78)3)32-26-62-39-66-45-90(4,5)55-99-56-91(6,47-67(40-62)86(66)99)46-64-27-33-80-83(70(50-94)51-95)43-76(102-88(80)58(64)2)30-24-60-22-28-74(29-23-60)100(72-17-9-7-10-18-72)73-19-11-8-12-20-73/h7-12,17-20,22-26,28-32,37-40,42-44,57-59,64,68,78H,13-16,21,27,33-36,41,45-47,54-56H2,1-6H3/b30-24+,31-25+,32-26+. The van der Waals surface area contributed by atoms with E-state index in [1.54, 1.807) is 0 Å². The van der Waals surface area contributed by atoms with E-state index in [1.165, 1.54) is 33.6 Å². The van der Waals surface area contributed by atoms with Crippen LogP contribution in [0, 0.1) is 114 Å². The number of allylic oxidation sites excluding steroid dienone is 18. The van der Waals surface area contributed by atoms with Crippen LogP contribution in [0.5, 0.6) is 0 Å². The molecule has 0 aromatic heterocycles. The molecular formula is C91H85N9O3.